The summed E-state index contributed by atoms with van der Waals surface area (Å²) in [4.78, 5) is 32.8. The van der Waals surface area contributed by atoms with E-state index in [-0.39, 0.29) is 18.2 Å². The van der Waals surface area contributed by atoms with Gasteiger partial charge >= 0.3 is 0 Å². The van der Waals surface area contributed by atoms with Crippen molar-refractivity contribution in [2.75, 3.05) is 18.0 Å². The van der Waals surface area contributed by atoms with Crippen LogP contribution in [0.2, 0.25) is 0 Å². The monoisotopic (exact) mass is 442 g/mol. The van der Waals surface area contributed by atoms with Crippen molar-refractivity contribution in [3.8, 4) is 0 Å². The first-order valence-electron chi connectivity index (χ1n) is 12.0. The van der Waals surface area contributed by atoms with Crippen LogP contribution in [0.3, 0.4) is 0 Å². The zero-order valence-corrected chi connectivity index (χ0v) is 18.9. The van der Waals surface area contributed by atoms with E-state index in [9.17, 15) is 9.59 Å². The van der Waals surface area contributed by atoms with Gasteiger partial charge in [0.15, 0.2) is 0 Å². The van der Waals surface area contributed by atoms with Crippen LogP contribution in [-0.4, -0.2) is 34.5 Å². The molecule has 2 amide bonds. The van der Waals surface area contributed by atoms with Crippen molar-refractivity contribution in [2.45, 2.75) is 51.0 Å². The molecule has 170 valence electrons. The van der Waals surface area contributed by atoms with Crippen LogP contribution in [0.4, 0.5) is 5.95 Å². The summed E-state index contributed by atoms with van der Waals surface area (Å²) in [7, 11) is 0. The van der Waals surface area contributed by atoms with E-state index < -0.39 is 6.04 Å². The molecule has 33 heavy (non-hydrogen) atoms. The molecule has 0 unspecified atom stereocenters. The van der Waals surface area contributed by atoms with Crippen LogP contribution in [0.5, 0.6) is 0 Å². The number of hydrogen-bond acceptors (Lipinski definition) is 3. The number of nitrogens with zero attached hydrogens (tertiary/aromatic N) is 3. The number of para-hydroxylation sites is 2. The van der Waals surface area contributed by atoms with Gasteiger partial charge in [0.05, 0.1) is 17.5 Å². The Labute approximate surface area is 194 Å². The topological polar surface area (TPSA) is 67.2 Å². The van der Waals surface area contributed by atoms with Gasteiger partial charge in [-0.2, -0.15) is 0 Å². The fourth-order valence-corrected chi connectivity index (χ4v) is 4.93. The SMILES string of the molecule is O=C(C[C@H]1C(=O)N(CCC2=CCCCC2)c2nc3ccccc3n21)NCCc1ccccc1. The second kappa shape index (κ2) is 9.61. The van der Waals surface area contributed by atoms with Crippen LogP contribution in [0, 0.1) is 0 Å². The number of rotatable bonds is 8. The number of amides is 2. The standard InChI is InChI=1S/C27H30N4O2/c32-25(28-17-15-20-9-3-1-4-10-20)19-24-26(33)30(18-16-21-11-5-2-6-12-21)27-29-22-13-7-8-14-23(22)31(24)27/h1,3-4,7-11,13-14,24H,2,5-6,12,15-19H2,(H,28,32)/t24-/m0/s1. The average Bonchev–Trinajstić information content (AvgIpc) is 3.34. The molecule has 0 saturated heterocycles. The number of aromatic nitrogens is 2. The van der Waals surface area contributed by atoms with Gasteiger partial charge in [-0.3, -0.25) is 19.1 Å². The lowest BCUT2D eigenvalue weighted by atomic mass is 9.97. The normalized spacial score (nSPS) is 17.8. The van der Waals surface area contributed by atoms with Gasteiger partial charge in [0.2, 0.25) is 11.9 Å². The fourth-order valence-electron chi connectivity index (χ4n) is 4.93. The fraction of sp³-hybridized carbons (Fsp3) is 0.370. The van der Waals surface area contributed by atoms with Crippen LogP contribution < -0.4 is 10.2 Å². The number of fused-ring (bicyclic) bond motifs is 3. The number of carbonyl (C=O) groups excluding carboxylic acids is 2. The van der Waals surface area contributed by atoms with E-state index in [4.69, 9.17) is 4.98 Å². The van der Waals surface area contributed by atoms with Gasteiger partial charge in [-0.15, -0.1) is 0 Å². The minimum atomic E-state index is -0.551. The highest BCUT2D eigenvalue weighted by atomic mass is 16.2. The second-order valence-electron chi connectivity index (χ2n) is 8.92. The summed E-state index contributed by atoms with van der Waals surface area (Å²) in [5.74, 6) is 0.530. The maximum atomic E-state index is 13.4. The van der Waals surface area contributed by atoms with Crippen LogP contribution >= 0.6 is 0 Å². The molecule has 0 saturated carbocycles. The molecular weight excluding hydrogens is 412 g/mol. The minimum absolute atomic E-state index is 0.0297. The van der Waals surface area contributed by atoms with Crippen LogP contribution in [-0.2, 0) is 16.0 Å². The number of anilines is 1. The van der Waals surface area contributed by atoms with Gasteiger partial charge in [-0.25, -0.2) is 4.98 Å². The first-order chi connectivity index (χ1) is 16.2. The maximum Gasteiger partial charge on any atom is 0.253 e. The Morgan fingerprint density at radius 1 is 1.03 bits per heavy atom. The van der Waals surface area contributed by atoms with Crippen molar-refractivity contribution in [2.24, 2.45) is 0 Å². The Morgan fingerprint density at radius 3 is 2.67 bits per heavy atom. The number of benzene rings is 2. The Hall–Kier alpha value is -3.41. The molecular formula is C27H30N4O2. The highest BCUT2D eigenvalue weighted by Crippen LogP contribution is 2.37. The van der Waals surface area contributed by atoms with Gasteiger partial charge in [0.25, 0.3) is 5.91 Å². The second-order valence-corrected chi connectivity index (χ2v) is 8.92. The van der Waals surface area contributed by atoms with Crippen LogP contribution in [0.15, 0.2) is 66.2 Å². The molecule has 2 aromatic carbocycles. The van der Waals surface area contributed by atoms with Crippen LogP contribution in [0.1, 0.15) is 50.1 Å². The van der Waals surface area contributed by atoms with Gasteiger partial charge in [0, 0.05) is 13.1 Å². The van der Waals surface area contributed by atoms with Gasteiger partial charge in [0.1, 0.15) is 6.04 Å². The molecule has 0 fully saturated rings. The largest absolute Gasteiger partial charge is 0.356 e. The first kappa shape index (κ1) is 21.4. The quantitative estimate of drug-likeness (QED) is 0.520. The van der Waals surface area contributed by atoms with Crippen molar-refractivity contribution >= 4 is 28.8 Å². The van der Waals surface area contributed by atoms with Crippen molar-refractivity contribution < 1.29 is 9.59 Å². The lowest BCUT2D eigenvalue weighted by molar-refractivity contribution is -0.127. The predicted octanol–water partition coefficient (Wildman–Crippen LogP) is 4.56. The number of hydrogen-bond donors (Lipinski definition) is 1. The Balaban J connectivity index is 1.31. The average molecular weight is 443 g/mol. The molecule has 2 aliphatic rings. The lowest BCUT2D eigenvalue weighted by Crippen LogP contribution is -2.34. The molecule has 2 heterocycles. The van der Waals surface area contributed by atoms with Crippen molar-refractivity contribution in [1.82, 2.24) is 14.9 Å². The summed E-state index contributed by atoms with van der Waals surface area (Å²) in [5, 5.41) is 3.00. The van der Waals surface area contributed by atoms with Crippen molar-refractivity contribution in [3.05, 3.63) is 71.8 Å². The molecule has 1 aromatic heterocycles. The number of carbonyl (C=O) groups is 2. The van der Waals surface area contributed by atoms with E-state index in [1.54, 1.807) is 4.90 Å². The Kier molecular flexibility index (Phi) is 6.24. The summed E-state index contributed by atoms with van der Waals surface area (Å²) in [6.45, 7) is 1.17. The first-order valence-corrected chi connectivity index (χ1v) is 12.0. The summed E-state index contributed by atoms with van der Waals surface area (Å²) in [6, 6.07) is 17.4. The molecule has 6 nitrogen and oxygen atoms in total. The summed E-state index contributed by atoms with van der Waals surface area (Å²) >= 11 is 0. The zero-order valence-electron chi connectivity index (χ0n) is 18.9. The van der Waals surface area contributed by atoms with E-state index in [0.717, 1.165) is 36.7 Å². The van der Waals surface area contributed by atoms with E-state index in [1.807, 2.05) is 47.0 Å². The van der Waals surface area contributed by atoms with E-state index >= 15 is 0 Å². The molecule has 1 atom stereocenters. The number of imidazole rings is 1. The van der Waals surface area contributed by atoms with E-state index in [1.165, 1.54) is 24.0 Å². The Morgan fingerprint density at radius 2 is 1.85 bits per heavy atom. The van der Waals surface area contributed by atoms with Gasteiger partial charge in [-0.05, 0) is 56.2 Å². The third kappa shape index (κ3) is 4.56. The molecule has 0 spiro atoms. The van der Waals surface area contributed by atoms with E-state index in [0.29, 0.717) is 19.0 Å². The summed E-state index contributed by atoms with van der Waals surface area (Å²) in [6.07, 6.45) is 8.81. The molecule has 1 aliphatic carbocycles. The lowest BCUT2D eigenvalue weighted by Gasteiger charge is -2.18. The van der Waals surface area contributed by atoms with Crippen LogP contribution in [0.25, 0.3) is 11.0 Å². The summed E-state index contributed by atoms with van der Waals surface area (Å²) in [5.41, 5.74) is 4.37. The smallest absolute Gasteiger partial charge is 0.253 e. The third-order valence-corrected chi connectivity index (χ3v) is 6.68. The van der Waals surface area contributed by atoms with Gasteiger partial charge < -0.3 is 5.32 Å². The molecule has 3 aromatic rings. The third-order valence-electron chi connectivity index (χ3n) is 6.68. The molecule has 1 N–H and O–H groups in total. The zero-order chi connectivity index (χ0) is 22.6. The molecule has 6 heteroatoms. The number of allylic oxidation sites excluding steroid dienone is 1. The van der Waals surface area contributed by atoms with Crippen molar-refractivity contribution in [3.63, 3.8) is 0 Å². The Bertz CT molecular complexity index is 1180. The van der Waals surface area contributed by atoms with Gasteiger partial charge in [-0.1, -0.05) is 54.1 Å². The highest BCUT2D eigenvalue weighted by Gasteiger charge is 2.40. The van der Waals surface area contributed by atoms with Crippen molar-refractivity contribution in [1.29, 1.82) is 0 Å². The molecule has 1 aliphatic heterocycles. The predicted molar refractivity (Wildman–Crippen MR) is 130 cm³/mol. The maximum absolute atomic E-state index is 13.4. The number of nitrogens with one attached hydrogen (secondary N) is 1. The molecule has 0 bridgehead atoms. The molecule has 5 rings (SSSR count). The molecule has 0 radical (unpaired) electrons. The summed E-state index contributed by atoms with van der Waals surface area (Å²) < 4.78 is 1.96. The minimum Gasteiger partial charge on any atom is -0.356 e. The highest BCUT2D eigenvalue weighted by molar-refractivity contribution is 6.03. The van der Waals surface area contributed by atoms with E-state index in [2.05, 4.69) is 23.5 Å².